The first-order chi connectivity index (χ1) is 12.1. The predicted molar refractivity (Wildman–Crippen MR) is 93.0 cm³/mol. The quantitative estimate of drug-likeness (QED) is 0.838. The van der Waals surface area contributed by atoms with Gasteiger partial charge >= 0.3 is 0 Å². The van der Waals surface area contributed by atoms with Gasteiger partial charge in [-0.05, 0) is 37.3 Å². The molecule has 0 unspecified atom stereocenters. The van der Waals surface area contributed by atoms with Crippen molar-refractivity contribution in [3.63, 3.8) is 0 Å². The molecule has 2 aromatic rings. The van der Waals surface area contributed by atoms with Gasteiger partial charge in [0.25, 0.3) is 5.91 Å². The normalized spacial score (nSPS) is 14.2. The van der Waals surface area contributed by atoms with Gasteiger partial charge in [-0.15, -0.1) is 0 Å². The van der Waals surface area contributed by atoms with Gasteiger partial charge in [-0.25, -0.2) is 4.39 Å². The highest BCUT2D eigenvalue weighted by Gasteiger charge is 2.19. The Hall–Kier alpha value is -2.37. The molecule has 1 aliphatic rings. The molecular formula is C19H24FN3O2. The Morgan fingerprint density at radius 1 is 1.44 bits per heavy atom. The van der Waals surface area contributed by atoms with Crippen LogP contribution in [-0.2, 0) is 20.0 Å². The van der Waals surface area contributed by atoms with E-state index in [9.17, 15) is 9.18 Å². The van der Waals surface area contributed by atoms with Crippen LogP contribution < -0.4 is 10.1 Å². The smallest absolute Gasteiger partial charge is 0.269 e. The van der Waals surface area contributed by atoms with Crippen molar-refractivity contribution in [1.29, 1.82) is 0 Å². The molecule has 1 N–H and O–H groups in total. The Morgan fingerprint density at radius 2 is 2.24 bits per heavy atom. The van der Waals surface area contributed by atoms with Crippen LogP contribution in [0.1, 0.15) is 47.9 Å². The number of hydrogen-bond acceptors (Lipinski definition) is 3. The van der Waals surface area contributed by atoms with Crippen LogP contribution in [-0.4, -0.2) is 22.3 Å². The third-order valence-corrected chi connectivity index (χ3v) is 4.71. The molecule has 0 atom stereocenters. The molecular weight excluding hydrogens is 321 g/mol. The van der Waals surface area contributed by atoms with Gasteiger partial charge in [-0.1, -0.05) is 25.5 Å². The zero-order valence-corrected chi connectivity index (χ0v) is 14.7. The van der Waals surface area contributed by atoms with Gasteiger partial charge in [0, 0.05) is 19.2 Å². The van der Waals surface area contributed by atoms with Crippen molar-refractivity contribution in [2.75, 3.05) is 6.61 Å². The van der Waals surface area contributed by atoms with Crippen LogP contribution in [0.2, 0.25) is 0 Å². The van der Waals surface area contributed by atoms with Gasteiger partial charge in [0.05, 0.1) is 12.3 Å². The van der Waals surface area contributed by atoms with Crippen LogP contribution in [0.25, 0.3) is 0 Å². The van der Waals surface area contributed by atoms with Crippen LogP contribution in [0.5, 0.6) is 5.75 Å². The lowest BCUT2D eigenvalue weighted by Gasteiger charge is -2.25. The van der Waals surface area contributed by atoms with Gasteiger partial charge < -0.3 is 10.1 Å². The molecule has 1 heterocycles. The van der Waals surface area contributed by atoms with Gasteiger partial charge in [0.1, 0.15) is 5.69 Å². The first-order valence-electron chi connectivity index (χ1n) is 8.79. The van der Waals surface area contributed by atoms with Crippen LogP contribution >= 0.6 is 0 Å². The van der Waals surface area contributed by atoms with E-state index in [2.05, 4.69) is 10.4 Å². The van der Waals surface area contributed by atoms with Gasteiger partial charge in [-0.2, -0.15) is 5.10 Å². The second kappa shape index (κ2) is 7.68. The van der Waals surface area contributed by atoms with Crippen molar-refractivity contribution in [2.45, 2.75) is 39.2 Å². The third-order valence-electron chi connectivity index (χ3n) is 4.71. The van der Waals surface area contributed by atoms with Crippen molar-refractivity contribution in [3.8, 4) is 5.75 Å². The zero-order valence-electron chi connectivity index (χ0n) is 14.7. The van der Waals surface area contributed by atoms with E-state index in [4.69, 9.17) is 4.74 Å². The number of carbonyl (C=O) groups is 1. The van der Waals surface area contributed by atoms with E-state index in [1.165, 1.54) is 6.42 Å². The second-order valence-electron chi connectivity index (χ2n) is 6.52. The van der Waals surface area contributed by atoms with E-state index in [1.54, 1.807) is 36.0 Å². The minimum atomic E-state index is -0.402. The first-order valence-corrected chi connectivity index (χ1v) is 8.79. The molecule has 0 bridgehead atoms. The summed E-state index contributed by atoms with van der Waals surface area (Å²) in [6, 6.07) is 6.80. The Balaban J connectivity index is 1.61. The Labute approximate surface area is 147 Å². The molecule has 6 heteroatoms. The van der Waals surface area contributed by atoms with Crippen molar-refractivity contribution in [1.82, 2.24) is 15.1 Å². The molecule has 1 saturated carbocycles. The average Bonchev–Trinajstić information content (AvgIpc) is 2.94. The number of rotatable bonds is 7. The highest BCUT2D eigenvalue weighted by Crippen LogP contribution is 2.28. The maximum absolute atomic E-state index is 14.5. The summed E-state index contributed by atoms with van der Waals surface area (Å²) in [7, 11) is 1.73. The van der Waals surface area contributed by atoms with Gasteiger partial charge in [0.2, 0.25) is 0 Å². The summed E-state index contributed by atoms with van der Waals surface area (Å²) < 4.78 is 21.7. The number of benzene rings is 1. The molecule has 3 rings (SSSR count). The summed E-state index contributed by atoms with van der Waals surface area (Å²) in [6.45, 7) is 2.65. The van der Waals surface area contributed by atoms with E-state index in [1.807, 2.05) is 6.92 Å². The molecule has 5 nitrogen and oxygen atoms in total. The number of carbonyl (C=O) groups excluding carboxylic acids is 1. The van der Waals surface area contributed by atoms with Crippen LogP contribution in [0, 0.1) is 11.7 Å². The highest BCUT2D eigenvalue weighted by atomic mass is 19.1. The van der Waals surface area contributed by atoms with Gasteiger partial charge in [-0.3, -0.25) is 9.48 Å². The van der Waals surface area contributed by atoms with Gasteiger partial charge in [0.15, 0.2) is 11.6 Å². The van der Waals surface area contributed by atoms with Crippen LogP contribution in [0.15, 0.2) is 24.3 Å². The van der Waals surface area contributed by atoms with Crippen molar-refractivity contribution >= 4 is 5.91 Å². The fraction of sp³-hybridized carbons (Fsp3) is 0.474. The molecule has 1 aromatic heterocycles. The summed E-state index contributed by atoms with van der Waals surface area (Å²) in [5, 5.41) is 7.01. The van der Waals surface area contributed by atoms with Crippen molar-refractivity contribution < 1.29 is 13.9 Å². The van der Waals surface area contributed by atoms with E-state index < -0.39 is 5.82 Å². The fourth-order valence-electron chi connectivity index (χ4n) is 2.85. The molecule has 1 fully saturated rings. The number of nitrogens with zero attached hydrogens (tertiary/aromatic N) is 2. The Bertz CT molecular complexity index is 753. The molecule has 1 aliphatic carbocycles. The summed E-state index contributed by atoms with van der Waals surface area (Å²) in [4.78, 5) is 12.3. The SMILES string of the molecule is CCc1cc(C(=O)NCc2cccc(OCC3CCC3)c2F)n(C)n1. The summed E-state index contributed by atoms with van der Waals surface area (Å²) in [5.74, 6) is 0.129. The lowest BCUT2D eigenvalue weighted by molar-refractivity contribution is 0.0941. The second-order valence-corrected chi connectivity index (χ2v) is 6.52. The van der Waals surface area contributed by atoms with Crippen LogP contribution in [0.3, 0.4) is 0 Å². The van der Waals surface area contributed by atoms with E-state index in [0.29, 0.717) is 23.8 Å². The standard InChI is InChI=1S/C19H24FN3O2/c1-3-15-10-16(23(2)22-15)19(24)21-11-14-8-5-9-17(18(14)20)25-12-13-6-4-7-13/h5,8-10,13H,3-4,6-7,11-12H2,1-2H3,(H,21,24). The number of halogens is 1. The number of aryl methyl sites for hydroxylation is 2. The largest absolute Gasteiger partial charge is 0.490 e. The molecule has 0 spiro atoms. The number of hydrogen-bond donors (Lipinski definition) is 1. The topological polar surface area (TPSA) is 56.1 Å². The van der Waals surface area contributed by atoms with Crippen LogP contribution in [0.4, 0.5) is 4.39 Å². The maximum atomic E-state index is 14.5. The number of ether oxygens (including phenoxy) is 1. The minimum absolute atomic E-state index is 0.109. The monoisotopic (exact) mass is 345 g/mol. The Morgan fingerprint density at radius 3 is 2.88 bits per heavy atom. The molecule has 25 heavy (non-hydrogen) atoms. The average molecular weight is 345 g/mol. The number of aromatic nitrogens is 2. The van der Waals surface area contributed by atoms with E-state index in [-0.39, 0.29) is 18.2 Å². The highest BCUT2D eigenvalue weighted by molar-refractivity contribution is 5.92. The number of nitrogens with one attached hydrogen (secondary N) is 1. The third kappa shape index (κ3) is 4.00. The molecule has 0 radical (unpaired) electrons. The molecule has 1 amide bonds. The summed E-state index contributed by atoms with van der Waals surface area (Å²) in [5.41, 5.74) is 1.73. The molecule has 134 valence electrons. The predicted octanol–water partition coefficient (Wildman–Crippen LogP) is 3.23. The molecule has 0 saturated heterocycles. The van der Waals surface area contributed by atoms with Crippen molar-refractivity contribution in [3.05, 3.63) is 47.0 Å². The summed E-state index contributed by atoms with van der Waals surface area (Å²) >= 11 is 0. The Kier molecular flexibility index (Phi) is 5.36. The first kappa shape index (κ1) is 17.5. The van der Waals surface area contributed by atoms with E-state index >= 15 is 0 Å². The van der Waals surface area contributed by atoms with Crippen molar-refractivity contribution in [2.24, 2.45) is 13.0 Å². The molecule has 1 aromatic carbocycles. The fourth-order valence-corrected chi connectivity index (χ4v) is 2.85. The maximum Gasteiger partial charge on any atom is 0.269 e. The minimum Gasteiger partial charge on any atom is -0.490 e. The summed E-state index contributed by atoms with van der Waals surface area (Å²) in [6.07, 6.45) is 4.30. The number of amides is 1. The zero-order chi connectivity index (χ0) is 17.8. The van der Waals surface area contributed by atoms with E-state index in [0.717, 1.165) is 25.0 Å². The lowest BCUT2D eigenvalue weighted by atomic mass is 9.86. The molecule has 0 aliphatic heterocycles. The lowest BCUT2D eigenvalue weighted by Crippen LogP contribution is -2.25.